The van der Waals surface area contributed by atoms with Crippen molar-refractivity contribution < 1.29 is 14.4 Å². The van der Waals surface area contributed by atoms with Crippen molar-refractivity contribution >= 4 is 28.5 Å². The van der Waals surface area contributed by atoms with Gasteiger partial charge in [0.05, 0.1) is 17.3 Å². The Hall–Kier alpha value is -3.49. The maximum Gasteiger partial charge on any atom is 0.269 e. The van der Waals surface area contributed by atoms with E-state index in [1.165, 1.54) is 6.42 Å². The first-order valence-electron chi connectivity index (χ1n) is 12.5. The van der Waals surface area contributed by atoms with Crippen LogP contribution in [0.25, 0.3) is 10.9 Å². The Morgan fingerprint density at radius 2 is 1.91 bits per heavy atom. The van der Waals surface area contributed by atoms with E-state index >= 15 is 0 Å². The first kappa shape index (κ1) is 22.0. The van der Waals surface area contributed by atoms with Crippen LogP contribution in [0.4, 0.5) is 0 Å². The van der Waals surface area contributed by atoms with Crippen LogP contribution in [0.1, 0.15) is 88.8 Å². The molecule has 3 aliphatic rings. The zero-order chi connectivity index (χ0) is 24.4. The van der Waals surface area contributed by atoms with Crippen molar-refractivity contribution in [3.63, 3.8) is 0 Å². The molecule has 2 aromatic heterocycles. The van der Waals surface area contributed by atoms with Gasteiger partial charge in [0.2, 0.25) is 0 Å². The van der Waals surface area contributed by atoms with Crippen LogP contribution < -0.4 is 5.73 Å². The summed E-state index contributed by atoms with van der Waals surface area (Å²) in [5.41, 5.74) is 8.53. The summed E-state index contributed by atoms with van der Waals surface area (Å²) in [5.74, 6) is -0.510. The van der Waals surface area contributed by atoms with Crippen molar-refractivity contribution in [1.82, 2.24) is 24.9 Å². The molecule has 0 bridgehead atoms. The average molecular weight is 475 g/mol. The minimum absolute atomic E-state index is 0.0218. The number of aromatic nitrogens is 4. The van der Waals surface area contributed by atoms with Gasteiger partial charge in [-0.25, -0.2) is 0 Å². The third-order valence-electron chi connectivity index (χ3n) is 8.76. The number of amides is 2. The molecule has 0 atom stereocenters. The number of benzene rings is 1. The van der Waals surface area contributed by atoms with Gasteiger partial charge in [-0.3, -0.25) is 24.2 Å². The van der Waals surface area contributed by atoms with E-state index in [-0.39, 0.29) is 28.3 Å². The average Bonchev–Trinajstić information content (AvgIpc) is 3.43. The van der Waals surface area contributed by atoms with Gasteiger partial charge in [0.25, 0.3) is 11.8 Å². The van der Waals surface area contributed by atoms with Crippen LogP contribution in [0.2, 0.25) is 0 Å². The number of nitrogens with one attached hydrogen (secondary N) is 1. The molecule has 9 heteroatoms. The van der Waals surface area contributed by atoms with Gasteiger partial charge < -0.3 is 10.6 Å². The third kappa shape index (κ3) is 3.31. The van der Waals surface area contributed by atoms with Crippen LogP contribution in [0.5, 0.6) is 0 Å². The van der Waals surface area contributed by atoms with E-state index in [4.69, 9.17) is 10.8 Å². The molecule has 3 aromatic rings. The van der Waals surface area contributed by atoms with Gasteiger partial charge >= 0.3 is 0 Å². The fourth-order valence-corrected chi connectivity index (χ4v) is 6.41. The van der Waals surface area contributed by atoms with Crippen LogP contribution in [0, 0.1) is 5.41 Å². The second kappa shape index (κ2) is 7.76. The van der Waals surface area contributed by atoms with E-state index in [0.29, 0.717) is 36.0 Å². The van der Waals surface area contributed by atoms with Crippen molar-refractivity contribution in [3.05, 3.63) is 46.9 Å². The first-order valence-corrected chi connectivity index (χ1v) is 12.5. The number of hydrogen-bond donors (Lipinski definition) is 2. The molecular formula is C26H30N6O3. The second-order valence-corrected chi connectivity index (χ2v) is 10.6. The fourth-order valence-electron chi connectivity index (χ4n) is 6.41. The van der Waals surface area contributed by atoms with Crippen LogP contribution >= 0.6 is 0 Å². The molecular weight excluding hydrogens is 444 g/mol. The zero-order valence-electron chi connectivity index (χ0n) is 20.0. The predicted octanol–water partition coefficient (Wildman–Crippen LogP) is 3.20. The lowest BCUT2D eigenvalue weighted by Crippen LogP contribution is -2.47. The number of fused-ring (bicyclic) bond motifs is 2. The summed E-state index contributed by atoms with van der Waals surface area (Å²) in [6.45, 7) is 3.38. The third-order valence-corrected chi connectivity index (χ3v) is 8.76. The molecule has 182 valence electrons. The number of hydrogen-bond acceptors (Lipinski definition) is 5. The minimum atomic E-state index is -0.632. The summed E-state index contributed by atoms with van der Waals surface area (Å²) >= 11 is 0. The van der Waals surface area contributed by atoms with E-state index in [1.807, 2.05) is 15.8 Å². The smallest absolute Gasteiger partial charge is 0.269 e. The van der Waals surface area contributed by atoms with Gasteiger partial charge in [-0.1, -0.05) is 6.92 Å². The first-order chi connectivity index (χ1) is 16.8. The number of carbonyl (C=O) groups is 3. The summed E-state index contributed by atoms with van der Waals surface area (Å²) in [6, 6.07) is 5.17. The standard InChI is InChI=1S/C26H30N6O3/c1-2-26(6-3-7-26)32-22-17(15-28-32)13-25(14-20(22)33)8-10-31(11-9-25)24(35)16-4-5-19-18(12-16)21(23(27)34)30-29-19/h4-5,12,15H,2-3,6-11,13-14H2,1H3,(H2,27,34)(H,29,30). The van der Waals surface area contributed by atoms with Crippen LogP contribution in [-0.4, -0.2) is 55.6 Å². The highest BCUT2D eigenvalue weighted by atomic mass is 16.2. The molecule has 1 aromatic carbocycles. The Morgan fingerprint density at radius 1 is 1.14 bits per heavy atom. The van der Waals surface area contributed by atoms with Gasteiger partial charge in [-0.05, 0) is 68.6 Å². The Bertz CT molecular complexity index is 1350. The molecule has 1 aliphatic heterocycles. The van der Waals surface area contributed by atoms with Gasteiger partial charge in [0, 0.05) is 36.0 Å². The molecule has 1 spiro atoms. The number of H-pyrrole nitrogens is 1. The summed E-state index contributed by atoms with van der Waals surface area (Å²) < 4.78 is 2.05. The molecule has 0 unspecified atom stereocenters. The van der Waals surface area contributed by atoms with Crippen LogP contribution in [-0.2, 0) is 12.0 Å². The molecule has 1 saturated heterocycles. The second-order valence-electron chi connectivity index (χ2n) is 10.6. The SMILES string of the molecule is CCC1(n2ncc3c2C(=O)CC2(CCN(C(=O)c4ccc5[nH]nc(C(N)=O)c5c4)CC2)C3)CCC1. The highest BCUT2D eigenvalue weighted by Gasteiger charge is 2.47. The number of piperidine rings is 1. The Morgan fingerprint density at radius 3 is 2.57 bits per heavy atom. The normalized spacial score (nSPS) is 20.6. The quantitative estimate of drug-likeness (QED) is 0.600. The lowest BCUT2D eigenvalue weighted by atomic mass is 9.66. The number of carbonyl (C=O) groups excluding carboxylic acids is 3. The molecule has 35 heavy (non-hydrogen) atoms. The van der Waals surface area contributed by atoms with E-state index in [1.54, 1.807) is 18.2 Å². The molecule has 3 N–H and O–H groups in total. The predicted molar refractivity (Wildman–Crippen MR) is 129 cm³/mol. The number of ketones is 1. The highest BCUT2D eigenvalue weighted by molar-refractivity contribution is 6.06. The van der Waals surface area contributed by atoms with Crippen LogP contribution in [0.3, 0.4) is 0 Å². The number of nitrogens with two attached hydrogens (primary N) is 1. The lowest BCUT2D eigenvalue weighted by Gasteiger charge is -2.45. The molecule has 0 radical (unpaired) electrons. The van der Waals surface area contributed by atoms with Crippen molar-refractivity contribution in [2.45, 2.75) is 63.8 Å². The van der Waals surface area contributed by atoms with Gasteiger partial charge in [0.1, 0.15) is 5.69 Å². The Balaban J connectivity index is 1.19. The van der Waals surface area contributed by atoms with E-state index < -0.39 is 5.91 Å². The number of aromatic amines is 1. The molecule has 6 rings (SSSR count). The minimum Gasteiger partial charge on any atom is -0.364 e. The Kier molecular flexibility index (Phi) is 4.88. The largest absolute Gasteiger partial charge is 0.364 e. The number of likely N-dealkylation sites (tertiary alicyclic amines) is 1. The van der Waals surface area contributed by atoms with Crippen LogP contribution in [0.15, 0.2) is 24.4 Å². The maximum absolute atomic E-state index is 13.4. The van der Waals surface area contributed by atoms with E-state index in [2.05, 4.69) is 17.1 Å². The van der Waals surface area contributed by atoms with Crippen molar-refractivity contribution in [2.75, 3.05) is 13.1 Å². The maximum atomic E-state index is 13.4. The topological polar surface area (TPSA) is 127 Å². The molecule has 1 saturated carbocycles. The summed E-state index contributed by atoms with van der Waals surface area (Å²) in [4.78, 5) is 40.1. The molecule has 2 aliphatic carbocycles. The number of primary amides is 1. The van der Waals surface area contributed by atoms with Crippen molar-refractivity contribution in [2.24, 2.45) is 11.1 Å². The van der Waals surface area contributed by atoms with Gasteiger partial charge in [-0.15, -0.1) is 0 Å². The fraction of sp³-hybridized carbons (Fsp3) is 0.500. The summed E-state index contributed by atoms with van der Waals surface area (Å²) in [5, 5.41) is 12.0. The monoisotopic (exact) mass is 474 g/mol. The van der Waals surface area contributed by atoms with Crippen molar-refractivity contribution in [1.29, 1.82) is 0 Å². The van der Waals surface area contributed by atoms with E-state index in [9.17, 15) is 14.4 Å². The molecule has 3 heterocycles. The molecule has 2 fully saturated rings. The highest BCUT2D eigenvalue weighted by Crippen LogP contribution is 2.47. The summed E-state index contributed by atoms with van der Waals surface area (Å²) in [6.07, 6.45) is 9.25. The number of rotatable bonds is 4. The molecule has 2 amide bonds. The molecule has 9 nitrogen and oxygen atoms in total. The summed E-state index contributed by atoms with van der Waals surface area (Å²) in [7, 11) is 0. The Labute approximate surface area is 203 Å². The van der Waals surface area contributed by atoms with Gasteiger partial charge in [0.15, 0.2) is 11.5 Å². The van der Waals surface area contributed by atoms with Gasteiger partial charge in [-0.2, -0.15) is 10.2 Å². The lowest BCUT2D eigenvalue weighted by molar-refractivity contribution is 0.0503. The van der Waals surface area contributed by atoms with Crippen molar-refractivity contribution in [3.8, 4) is 0 Å². The van der Waals surface area contributed by atoms with E-state index in [0.717, 1.165) is 49.8 Å². The number of nitrogens with zero attached hydrogens (tertiary/aromatic N) is 4. The number of Topliss-reactive ketones (excluding diaryl/α,β-unsaturated/α-hetero) is 1. The zero-order valence-corrected chi connectivity index (χ0v) is 20.0.